The van der Waals surface area contributed by atoms with Crippen molar-refractivity contribution in [3.8, 4) is 0 Å². The third-order valence-electron chi connectivity index (χ3n) is 6.22. The molecule has 7 heteroatoms. The molecule has 2 heterocycles. The van der Waals surface area contributed by atoms with Crippen LogP contribution in [0, 0.1) is 5.82 Å². The molecule has 6 nitrogen and oxygen atoms in total. The Morgan fingerprint density at radius 2 is 1.75 bits per heavy atom. The summed E-state index contributed by atoms with van der Waals surface area (Å²) in [5, 5.41) is 0. The van der Waals surface area contributed by atoms with E-state index in [4.69, 9.17) is 0 Å². The van der Waals surface area contributed by atoms with Gasteiger partial charge in [0.2, 0.25) is 17.7 Å². The van der Waals surface area contributed by atoms with Crippen LogP contribution in [0.5, 0.6) is 0 Å². The van der Waals surface area contributed by atoms with Crippen LogP contribution >= 0.6 is 0 Å². The Kier molecular flexibility index (Phi) is 6.83. The third kappa shape index (κ3) is 5.15. The molecular formula is C25H28FN3O3. The molecule has 0 N–H and O–H groups in total. The standard InChI is InChI=1S/C25H28FN3O3/c26-21-10-4-9-20(16-21)17-28-18-24(31)29-15-14-27(13-12-22(29)25(28)32)23(30)11-5-8-19-6-2-1-3-7-19/h1-4,6-7,9-10,16,22H,5,8,11-15,17-18H2. The molecule has 0 spiro atoms. The summed E-state index contributed by atoms with van der Waals surface area (Å²) >= 11 is 0. The average Bonchev–Trinajstić information content (AvgIpc) is 3.02. The van der Waals surface area contributed by atoms with Crippen LogP contribution in [-0.2, 0) is 27.3 Å². The minimum Gasteiger partial charge on any atom is -0.341 e. The second kappa shape index (κ2) is 9.94. The molecule has 0 aliphatic carbocycles. The van der Waals surface area contributed by atoms with Gasteiger partial charge in [-0.3, -0.25) is 14.4 Å². The van der Waals surface area contributed by atoms with Crippen molar-refractivity contribution in [3.63, 3.8) is 0 Å². The number of amides is 3. The minimum atomic E-state index is -0.563. The Morgan fingerprint density at radius 1 is 0.969 bits per heavy atom. The summed E-state index contributed by atoms with van der Waals surface area (Å²) in [4.78, 5) is 43.5. The lowest BCUT2D eigenvalue weighted by Crippen LogP contribution is -2.59. The van der Waals surface area contributed by atoms with Crippen LogP contribution in [0.3, 0.4) is 0 Å². The van der Waals surface area contributed by atoms with Gasteiger partial charge in [0, 0.05) is 32.6 Å². The molecule has 4 rings (SSSR count). The van der Waals surface area contributed by atoms with Crippen LogP contribution in [0.2, 0.25) is 0 Å². The lowest BCUT2D eigenvalue weighted by molar-refractivity contribution is -0.156. The molecule has 0 radical (unpaired) electrons. The number of rotatable bonds is 6. The predicted molar refractivity (Wildman–Crippen MR) is 118 cm³/mol. The molecule has 2 aliphatic heterocycles. The number of piperazine rings is 1. The molecule has 2 aromatic rings. The van der Waals surface area contributed by atoms with Gasteiger partial charge in [-0.05, 0) is 42.5 Å². The highest BCUT2D eigenvalue weighted by Gasteiger charge is 2.41. The van der Waals surface area contributed by atoms with Crippen molar-refractivity contribution >= 4 is 17.7 Å². The third-order valence-corrected chi connectivity index (χ3v) is 6.22. The van der Waals surface area contributed by atoms with Gasteiger partial charge < -0.3 is 14.7 Å². The lowest BCUT2D eigenvalue weighted by atomic mass is 10.1. The molecule has 2 aliphatic rings. The van der Waals surface area contributed by atoms with Crippen molar-refractivity contribution in [2.75, 3.05) is 26.2 Å². The van der Waals surface area contributed by atoms with Gasteiger partial charge in [-0.2, -0.15) is 0 Å². The van der Waals surface area contributed by atoms with Gasteiger partial charge in [0.05, 0.1) is 0 Å². The Morgan fingerprint density at radius 3 is 2.53 bits per heavy atom. The van der Waals surface area contributed by atoms with Crippen molar-refractivity contribution in [1.29, 1.82) is 0 Å². The smallest absolute Gasteiger partial charge is 0.246 e. The fourth-order valence-electron chi connectivity index (χ4n) is 4.51. The molecule has 1 atom stereocenters. The summed E-state index contributed by atoms with van der Waals surface area (Å²) in [7, 11) is 0. The second-order valence-corrected chi connectivity index (χ2v) is 8.44. The summed E-state index contributed by atoms with van der Waals surface area (Å²) in [5.41, 5.74) is 1.87. The number of fused-ring (bicyclic) bond motifs is 1. The summed E-state index contributed by atoms with van der Waals surface area (Å²) < 4.78 is 13.5. The van der Waals surface area contributed by atoms with Crippen molar-refractivity contribution in [2.24, 2.45) is 0 Å². The largest absolute Gasteiger partial charge is 0.341 e. The lowest BCUT2D eigenvalue weighted by Gasteiger charge is -2.39. The normalized spacial score (nSPS) is 19.0. The summed E-state index contributed by atoms with van der Waals surface area (Å²) in [6.07, 6.45) is 2.49. The van der Waals surface area contributed by atoms with Crippen LogP contribution in [0.25, 0.3) is 0 Å². The Balaban J connectivity index is 1.34. The maximum Gasteiger partial charge on any atom is 0.246 e. The zero-order chi connectivity index (χ0) is 22.5. The highest BCUT2D eigenvalue weighted by atomic mass is 19.1. The summed E-state index contributed by atoms with van der Waals surface area (Å²) in [6, 6.07) is 15.6. The molecule has 2 saturated heterocycles. The summed E-state index contributed by atoms with van der Waals surface area (Å²) in [6.45, 7) is 1.46. The van der Waals surface area contributed by atoms with Crippen LogP contribution < -0.4 is 0 Å². The van der Waals surface area contributed by atoms with Gasteiger partial charge in [-0.15, -0.1) is 0 Å². The fourth-order valence-corrected chi connectivity index (χ4v) is 4.51. The van der Waals surface area contributed by atoms with Gasteiger partial charge in [-0.1, -0.05) is 42.5 Å². The van der Waals surface area contributed by atoms with E-state index in [0.29, 0.717) is 38.0 Å². The molecule has 0 saturated carbocycles. The highest BCUT2D eigenvalue weighted by Crippen LogP contribution is 2.21. The van der Waals surface area contributed by atoms with Crippen LogP contribution in [-0.4, -0.2) is 64.6 Å². The van der Waals surface area contributed by atoms with Crippen molar-refractivity contribution in [3.05, 3.63) is 71.5 Å². The molecule has 0 bridgehead atoms. The molecule has 0 aromatic heterocycles. The molecule has 32 heavy (non-hydrogen) atoms. The first kappa shape index (κ1) is 22.0. The van der Waals surface area contributed by atoms with E-state index in [-0.39, 0.29) is 36.6 Å². The van der Waals surface area contributed by atoms with E-state index in [1.807, 2.05) is 18.2 Å². The molecule has 168 valence electrons. The monoisotopic (exact) mass is 437 g/mol. The zero-order valence-electron chi connectivity index (χ0n) is 18.1. The van der Waals surface area contributed by atoms with Gasteiger partial charge in [-0.25, -0.2) is 4.39 Å². The van der Waals surface area contributed by atoms with Crippen molar-refractivity contribution in [2.45, 2.75) is 38.3 Å². The predicted octanol–water partition coefficient (Wildman–Crippen LogP) is 2.62. The van der Waals surface area contributed by atoms with Gasteiger partial charge in [0.25, 0.3) is 0 Å². The number of carbonyl (C=O) groups excluding carboxylic acids is 3. The summed E-state index contributed by atoms with van der Waals surface area (Å²) in [5.74, 6) is -0.551. The maximum absolute atomic E-state index is 13.5. The molecule has 1 unspecified atom stereocenters. The zero-order valence-corrected chi connectivity index (χ0v) is 18.1. The van der Waals surface area contributed by atoms with Crippen LogP contribution in [0.1, 0.15) is 30.4 Å². The average molecular weight is 438 g/mol. The topological polar surface area (TPSA) is 60.9 Å². The number of aryl methyl sites for hydroxylation is 1. The van der Waals surface area contributed by atoms with Gasteiger partial charge in [0.1, 0.15) is 18.4 Å². The number of nitrogens with zero attached hydrogens (tertiary/aromatic N) is 3. The Hall–Kier alpha value is -3.22. The van der Waals surface area contributed by atoms with Crippen molar-refractivity contribution in [1.82, 2.24) is 14.7 Å². The Bertz CT molecular complexity index is 981. The van der Waals surface area contributed by atoms with Crippen LogP contribution in [0.15, 0.2) is 54.6 Å². The number of hydrogen-bond acceptors (Lipinski definition) is 3. The number of benzene rings is 2. The van der Waals surface area contributed by atoms with Gasteiger partial charge >= 0.3 is 0 Å². The number of hydrogen-bond donors (Lipinski definition) is 0. The second-order valence-electron chi connectivity index (χ2n) is 8.44. The van der Waals surface area contributed by atoms with Crippen molar-refractivity contribution < 1.29 is 18.8 Å². The number of halogens is 1. The quantitative estimate of drug-likeness (QED) is 0.698. The maximum atomic E-state index is 13.5. The molecule has 2 aromatic carbocycles. The first-order valence-electron chi connectivity index (χ1n) is 11.2. The van der Waals surface area contributed by atoms with E-state index >= 15 is 0 Å². The van der Waals surface area contributed by atoms with E-state index < -0.39 is 6.04 Å². The SMILES string of the molecule is O=C(CCCc1ccccc1)N1CCC2C(=O)N(Cc3cccc(F)c3)CC(=O)N2CC1. The van der Waals surface area contributed by atoms with Gasteiger partial charge in [0.15, 0.2) is 0 Å². The Labute approximate surface area is 187 Å². The minimum absolute atomic E-state index is 0.0170. The van der Waals surface area contributed by atoms with E-state index in [0.717, 1.165) is 12.8 Å². The molecule has 3 amide bonds. The number of carbonyl (C=O) groups is 3. The van der Waals surface area contributed by atoms with Crippen LogP contribution in [0.4, 0.5) is 4.39 Å². The molecule has 2 fully saturated rings. The van der Waals surface area contributed by atoms with E-state index in [1.165, 1.54) is 22.6 Å². The van der Waals surface area contributed by atoms with E-state index in [9.17, 15) is 18.8 Å². The highest BCUT2D eigenvalue weighted by molar-refractivity contribution is 5.95. The van der Waals surface area contributed by atoms with E-state index in [2.05, 4.69) is 12.1 Å². The van der Waals surface area contributed by atoms with E-state index in [1.54, 1.807) is 21.9 Å². The fraction of sp³-hybridized carbons (Fsp3) is 0.400. The molecular weight excluding hydrogens is 409 g/mol. The first-order valence-corrected chi connectivity index (χ1v) is 11.2. The first-order chi connectivity index (χ1) is 15.5.